The average Bonchev–Trinajstić information content (AvgIpc) is 2.73. The zero-order chi connectivity index (χ0) is 13.5. The van der Waals surface area contributed by atoms with Gasteiger partial charge in [-0.1, -0.05) is 30.3 Å². The van der Waals surface area contributed by atoms with E-state index in [0.717, 1.165) is 16.9 Å². The molecule has 3 heteroatoms. The van der Waals surface area contributed by atoms with Crippen molar-refractivity contribution < 1.29 is 14.3 Å². The fraction of sp³-hybridized carbons (Fsp3) is 0.188. The van der Waals surface area contributed by atoms with Crippen molar-refractivity contribution in [3.63, 3.8) is 0 Å². The molecule has 1 unspecified atom stereocenters. The van der Waals surface area contributed by atoms with Crippen molar-refractivity contribution in [1.29, 1.82) is 0 Å². The molecule has 0 amide bonds. The van der Waals surface area contributed by atoms with E-state index in [1.807, 2.05) is 49.4 Å². The monoisotopic (exact) mass is 254 g/mol. The summed E-state index contributed by atoms with van der Waals surface area (Å²) in [7, 11) is 1.62. The number of hydrogen-bond acceptors (Lipinski definition) is 3. The van der Waals surface area contributed by atoms with E-state index in [4.69, 9.17) is 9.47 Å². The van der Waals surface area contributed by atoms with E-state index in [1.165, 1.54) is 0 Å². The third-order valence-corrected chi connectivity index (χ3v) is 3.58. The van der Waals surface area contributed by atoms with Gasteiger partial charge < -0.3 is 9.47 Å². The van der Waals surface area contributed by atoms with Gasteiger partial charge in [-0.3, -0.25) is 0 Å². The first-order valence-corrected chi connectivity index (χ1v) is 6.12. The van der Waals surface area contributed by atoms with Gasteiger partial charge >= 0.3 is 5.97 Å². The van der Waals surface area contributed by atoms with Crippen LogP contribution in [0.4, 0.5) is 0 Å². The molecule has 2 aromatic carbocycles. The van der Waals surface area contributed by atoms with Gasteiger partial charge in [-0.15, -0.1) is 0 Å². The zero-order valence-corrected chi connectivity index (χ0v) is 10.8. The summed E-state index contributed by atoms with van der Waals surface area (Å²) in [5.41, 5.74) is 1.69. The van der Waals surface area contributed by atoms with E-state index in [0.29, 0.717) is 5.56 Å². The maximum absolute atomic E-state index is 12.0. The number of ether oxygens (including phenoxy) is 2. The fourth-order valence-corrected chi connectivity index (χ4v) is 2.51. The highest BCUT2D eigenvalue weighted by Crippen LogP contribution is 2.42. The number of rotatable bonds is 2. The molecule has 0 bridgehead atoms. The maximum atomic E-state index is 12.0. The van der Waals surface area contributed by atoms with E-state index >= 15 is 0 Å². The number of esters is 1. The molecule has 1 aliphatic rings. The fourth-order valence-electron chi connectivity index (χ4n) is 2.51. The van der Waals surface area contributed by atoms with Crippen LogP contribution in [-0.2, 0) is 10.3 Å². The topological polar surface area (TPSA) is 35.5 Å². The van der Waals surface area contributed by atoms with Gasteiger partial charge in [0.25, 0.3) is 0 Å². The number of cyclic esters (lactones) is 1. The molecule has 0 radical (unpaired) electrons. The quantitative estimate of drug-likeness (QED) is 0.772. The minimum absolute atomic E-state index is 0.277. The Hall–Kier alpha value is -2.29. The van der Waals surface area contributed by atoms with Crippen molar-refractivity contribution in [3.8, 4) is 5.75 Å². The van der Waals surface area contributed by atoms with Crippen molar-refractivity contribution in [2.24, 2.45) is 0 Å². The minimum Gasteiger partial charge on any atom is -0.497 e. The Labute approximate surface area is 111 Å². The van der Waals surface area contributed by atoms with Gasteiger partial charge in [0.15, 0.2) is 5.60 Å². The molecule has 0 N–H and O–H groups in total. The summed E-state index contributed by atoms with van der Waals surface area (Å²) in [6.07, 6.45) is 0. The molecule has 0 fully saturated rings. The van der Waals surface area contributed by atoms with E-state index in [1.54, 1.807) is 13.2 Å². The standard InChI is InChI=1S/C16H14O3/c1-16(11-6-5-7-12(10-11)18-2)14-9-4-3-8-13(14)15(17)19-16/h3-10H,1-2H3. The van der Waals surface area contributed by atoms with Gasteiger partial charge in [0.05, 0.1) is 12.7 Å². The predicted octanol–water partition coefficient (Wildman–Crippen LogP) is 3.13. The summed E-state index contributed by atoms with van der Waals surface area (Å²) < 4.78 is 10.8. The largest absolute Gasteiger partial charge is 0.497 e. The third-order valence-electron chi connectivity index (χ3n) is 3.58. The Morgan fingerprint density at radius 1 is 1.11 bits per heavy atom. The summed E-state index contributed by atoms with van der Waals surface area (Å²) >= 11 is 0. The number of benzene rings is 2. The van der Waals surface area contributed by atoms with Gasteiger partial charge in [-0.2, -0.15) is 0 Å². The van der Waals surface area contributed by atoms with Crippen LogP contribution in [0.15, 0.2) is 48.5 Å². The molecule has 0 saturated heterocycles. The molecule has 1 heterocycles. The molecule has 96 valence electrons. The average molecular weight is 254 g/mol. The maximum Gasteiger partial charge on any atom is 0.339 e. The predicted molar refractivity (Wildman–Crippen MR) is 71.3 cm³/mol. The van der Waals surface area contributed by atoms with Crippen LogP contribution in [0.1, 0.15) is 28.4 Å². The van der Waals surface area contributed by atoms with Crippen LogP contribution < -0.4 is 4.74 Å². The van der Waals surface area contributed by atoms with Crippen molar-refractivity contribution in [2.75, 3.05) is 7.11 Å². The van der Waals surface area contributed by atoms with E-state index in [-0.39, 0.29) is 5.97 Å². The van der Waals surface area contributed by atoms with E-state index < -0.39 is 5.60 Å². The third kappa shape index (κ3) is 1.70. The molecular formula is C16H14O3. The lowest BCUT2D eigenvalue weighted by molar-refractivity contribution is 0.0179. The van der Waals surface area contributed by atoms with Crippen LogP contribution in [0.3, 0.4) is 0 Å². The lowest BCUT2D eigenvalue weighted by atomic mass is 9.87. The van der Waals surface area contributed by atoms with Crippen LogP contribution in [0.5, 0.6) is 5.75 Å². The number of hydrogen-bond donors (Lipinski definition) is 0. The molecule has 1 atom stereocenters. The summed E-state index contributed by atoms with van der Waals surface area (Å²) in [5.74, 6) is 0.472. The molecule has 3 nitrogen and oxygen atoms in total. The normalized spacial score (nSPS) is 20.8. The van der Waals surface area contributed by atoms with Crippen LogP contribution in [-0.4, -0.2) is 13.1 Å². The minimum atomic E-state index is -0.748. The molecule has 0 spiro atoms. The summed E-state index contributed by atoms with van der Waals surface area (Å²) in [5, 5.41) is 0. The molecule has 1 aliphatic heterocycles. The Morgan fingerprint density at radius 3 is 2.68 bits per heavy atom. The van der Waals surface area contributed by atoms with Gasteiger partial charge in [-0.25, -0.2) is 4.79 Å². The van der Waals surface area contributed by atoms with Crippen molar-refractivity contribution in [1.82, 2.24) is 0 Å². The molecule has 2 aromatic rings. The number of fused-ring (bicyclic) bond motifs is 1. The van der Waals surface area contributed by atoms with E-state index in [2.05, 4.69) is 0 Å². The SMILES string of the molecule is COc1cccc(C2(C)OC(=O)c3ccccc32)c1. The molecule has 0 aliphatic carbocycles. The van der Waals surface area contributed by atoms with Crippen molar-refractivity contribution in [2.45, 2.75) is 12.5 Å². The molecule has 3 rings (SSSR count). The molecule has 0 aromatic heterocycles. The highest BCUT2D eigenvalue weighted by atomic mass is 16.6. The second-order valence-electron chi connectivity index (χ2n) is 4.70. The lowest BCUT2D eigenvalue weighted by Crippen LogP contribution is -2.23. The summed E-state index contributed by atoms with van der Waals surface area (Å²) in [6.45, 7) is 1.91. The molecule has 0 saturated carbocycles. The molecular weight excluding hydrogens is 240 g/mol. The van der Waals surface area contributed by atoms with Crippen molar-refractivity contribution in [3.05, 3.63) is 65.2 Å². The number of carbonyl (C=O) groups excluding carboxylic acids is 1. The van der Waals surface area contributed by atoms with Crippen LogP contribution in [0, 0.1) is 0 Å². The molecule has 19 heavy (non-hydrogen) atoms. The number of carbonyl (C=O) groups is 1. The van der Waals surface area contributed by atoms with E-state index in [9.17, 15) is 4.79 Å². The zero-order valence-electron chi connectivity index (χ0n) is 10.8. The van der Waals surface area contributed by atoms with Crippen molar-refractivity contribution >= 4 is 5.97 Å². The summed E-state index contributed by atoms with van der Waals surface area (Å²) in [4.78, 5) is 12.0. The smallest absolute Gasteiger partial charge is 0.339 e. The second kappa shape index (κ2) is 4.12. The Bertz CT molecular complexity index is 648. The van der Waals surface area contributed by atoms with Gasteiger partial charge in [0.1, 0.15) is 5.75 Å². The highest BCUT2D eigenvalue weighted by molar-refractivity contribution is 5.95. The second-order valence-corrected chi connectivity index (χ2v) is 4.70. The van der Waals surface area contributed by atoms with Gasteiger partial charge in [0.2, 0.25) is 0 Å². The first-order valence-electron chi connectivity index (χ1n) is 6.12. The first kappa shape index (κ1) is 11.8. The first-order chi connectivity index (χ1) is 9.15. The lowest BCUT2D eigenvalue weighted by Gasteiger charge is -2.25. The van der Waals surface area contributed by atoms with Crippen LogP contribution in [0.25, 0.3) is 0 Å². The Morgan fingerprint density at radius 2 is 1.89 bits per heavy atom. The Kier molecular flexibility index (Phi) is 2.56. The van der Waals surface area contributed by atoms with Gasteiger partial charge in [0, 0.05) is 11.1 Å². The number of methoxy groups -OCH3 is 1. The highest BCUT2D eigenvalue weighted by Gasteiger charge is 2.42. The van der Waals surface area contributed by atoms with Crippen LogP contribution in [0.2, 0.25) is 0 Å². The Balaban J connectivity index is 2.17. The summed E-state index contributed by atoms with van der Waals surface area (Å²) in [6, 6.07) is 15.1. The van der Waals surface area contributed by atoms with Crippen LogP contribution >= 0.6 is 0 Å². The van der Waals surface area contributed by atoms with Gasteiger partial charge in [-0.05, 0) is 25.1 Å².